The van der Waals surface area contributed by atoms with Crippen molar-refractivity contribution in [2.45, 2.75) is 25.9 Å². The first-order valence-corrected chi connectivity index (χ1v) is 6.55. The molecule has 1 aliphatic heterocycles. The first-order valence-electron chi connectivity index (χ1n) is 5.76. The Morgan fingerprint density at radius 1 is 1.56 bits per heavy atom. The molecule has 1 N–H and O–H groups in total. The molecule has 0 unspecified atom stereocenters. The van der Waals surface area contributed by atoms with E-state index in [9.17, 15) is 10.1 Å². The second-order valence-electron chi connectivity index (χ2n) is 4.21. The van der Waals surface area contributed by atoms with Crippen LogP contribution in [0.15, 0.2) is 10.7 Å². The van der Waals surface area contributed by atoms with Crippen molar-refractivity contribution in [1.29, 1.82) is 0 Å². The third-order valence-electron chi connectivity index (χ3n) is 2.97. The van der Waals surface area contributed by atoms with Gasteiger partial charge in [0.15, 0.2) is 0 Å². The van der Waals surface area contributed by atoms with E-state index in [4.69, 9.17) is 4.74 Å². The summed E-state index contributed by atoms with van der Waals surface area (Å²) in [5.74, 6) is 0.435. The Morgan fingerprint density at radius 2 is 2.22 bits per heavy atom. The molecule has 0 aromatic carbocycles. The van der Waals surface area contributed by atoms with Crippen molar-refractivity contribution in [3.8, 4) is 5.88 Å². The van der Waals surface area contributed by atoms with Crippen molar-refractivity contribution in [1.82, 2.24) is 10.3 Å². The first kappa shape index (κ1) is 13.2. The minimum absolute atomic E-state index is 0.000430. The standard InChI is InChI=1S/C11H14BrN3O3/c1-7-9(15(16)17)6-14-11(10(7)12)18-8-2-4-13-5-3-8/h6,8,13H,2-5H2,1H3. The average molecular weight is 316 g/mol. The van der Waals surface area contributed by atoms with Crippen LogP contribution < -0.4 is 10.1 Å². The lowest BCUT2D eigenvalue weighted by atomic mass is 10.1. The third-order valence-corrected chi connectivity index (χ3v) is 3.90. The molecule has 0 bridgehead atoms. The Balaban J connectivity index is 2.18. The molecule has 1 aromatic heterocycles. The number of aromatic nitrogens is 1. The molecule has 98 valence electrons. The molecule has 6 nitrogen and oxygen atoms in total. The zero-order valence-electron chi connectivity index (χ0n) is 9.98. The molecule has 1 saturated heterocycles. The van der Waals surface area contributed by atoms with E-state index >= 15 is 0 Å². The fraction of sp³-hybridized carbons (Fsp3) is 0.545. The number of pyridine rings is 1. The number of nitrogens with zero attached hydrogens (tertiary/aromatic N) is 2. The van der Waals surface area contributed by atoms with E-state index in [1.165, 1.54) is 6.20 Å². The zero-order valence-corrected chi connectivity index (χ0v) is 11.6. The van der Waals surface area contributed by atoms with E-state index in [1.54, 1.807) is 6.92 Å². The van der Waals surface area contributed by atoms with Gasteiger partial charge >= 0.3 is 0 Å². The van der Waals surface area contributed by atoms with E-state index in [0.717, 1.165) is 25.9 Å². The molecule has 1 aromatic rings. The smallest absolute Gasteiger partial charge is 0.291 e. The summed E-state index contributed by atoms with van der Waals surface area (Å²) >= 11 is 3.32. The van der Waals surface area contributed by atoms with Crippen LogP contribution in [0.2, 0.25) is 0 Å². The van der Waals surface area contributed by atoms with Gasteiger partial charge in [-0.1, -0.05) is 0 Å². The van der Waals surface area contributed by atoms with Gasteiger partial charge in [-0.3, -0.25) is 10.1 Å². The van der Waals surface area contributed by atoms with E-state index in [2.05, 4.69) is 26.2 Å². The minimum Gasteiger partial charge on any atom is -0.473 e. The van der Waals surface area contributed by atoms with Gasteiger partial charge in [0.2, 0.25) is 5.88 Å². The molecule has 0 spiro atoms. The summed E-state index contributed by atoms with van der Waals surface area (Å²) in [4.78, 5) is 14.4. The Kier molecular flexibility index (Phi) is 4.13. The number of rotatable bonds is 3. The first-order chi connectivity index (χ1) is 8.59. The molecule has 0 atom stereocenters. The molecule has 2 rings (SSSR count). The Labute approximate surface area is 113 Å². The summed E-state index contributed by atoms with van der Waals surface area (Å²) in [6, 6.07) is 0. The summed E-state index contributed by atoms with van der Waals surface area (Å²) in [7, 11) is 0. The number of hydrogen-bond acceptors (Lipinski definition) is 5. The van der Waals surface area contributed by atoms with Crippen LogP contribution in [0.1, 0.15) is 18.4 Å². The molecule has 18 heavy (non-hydrogen) atoms. The Bertz CT molecular complexity index is 461. The number of halogens is 1. The van der Waals surface area contributed by atoms with Gasteiger partial charge in [-0.2, -0.15) is 0 Å². The molecular weight excluding hydrogens is 302 g/mol. The lowest BCUT2D eigenvalue weighted by Gasteiger charge is -2.23. The van der Waals surface area contributed by atoms with Crippen molar-refractivity contribution in [2.24, 2.45) is 0 Å². The summed E-state index contributed by atoms with van der Waals surface area (Å²) in [6.45, 7) is 3.53. The van der Waals surface area contributed by atoms with Gasteiger partial charge in [0.05, 0.1) is 9.40 Å². The molecule has 7 heteroatoms. The van der Waals surface area contributed by atoms with E-state index in [1.807, 2.05) is 0 Å². The largest absolute Gasteiger partial charge is 0.473 e. The Morgan fingerprint density at radius 3 is 2.83 bits per heavy atom. The van der Waals surface area contributed by atoms with Crippen molar-refractivity contribution >= 4 is 21.6 Å². The van der Waals surface area contributed by atoms with Gasteiger partial charge in [0.25, 0.3) is 5.69 Å². The number of hydrogen-bond donors (Lipinski definition) is 1. The molecule has 2 heterocycles. The van der Waals surface area contributed by atoms with Gasteiger partial charge in [0, 0.05) is 5.56 Å². The van der Waals surface area contributed by atoms with Gasteiger partial charge in [-0.15, -0.1) is 0 Å². The molecule has 0 amide bonds. The van der Waals surface area contributed by atoms with Crippen LogP contribution in [0.25, 0.3) is 0 Å². The van der Waals surface area contributed by atoms with Gasteiger partial charge in [-0.25, -0.2) is 4.98 Å². The maximum Gasteiger partial charge on any atom is 0.291 e. The van der Waals surface area contributed by atoms with Gasteiger partial charge in [-0.05, 0) is 48.8 Å². The molecule has 1 aliphatic rings. The number of nitrogens with one attached hydrogen (secondary N) is 1. The second-order valence-corrected chi connectivity index (χ2v) is 5.00. The van der Waals surface area contributed by atoms with Crippen molar-refractivity contribution in [3.63, 3.8) is 0 Å². The predicted molar refractivity (Wildman–Crippen MR) is 69.8 cm³/mol. The fourth-order valence-corrected chi connectivity index (χ4v) is 2.28. The molecular formula is C11H14BrN3O3. The zero-order chi connectivity index (χ0) is 13.1. The van der Waals surface area contributed by atoms with Crippen LogP contribution in [-0.2, 0) is 0 Å². The van der Waals surface area contributed by atoms with Crippen molar-refractivity contribution < 1.29 is 9.66 Å². The number of ether oxygens (including phenoxy) is 1. The SMILES string of the molecule is Cc1c([N+](=O)[O-])cnc(OC2CCNCC2)c1Br. The molecule has 0 saturated carbocycles. The van der Waals surface area contributed by atoms with Crippen LogP contribution in [0.3, 0.4) is 0 Å². The van der Waals surface area contributed by atoms with Gasteiger partial charge < -0.3 is 10.1 Å². The Hall–Kier alpha value is -1.21. The quantitative estimate of drug-likeness (QED) is 0.683. The summed E-state index contributed by atoms with van der Waals surface area (Å²) in [6.07, 6.45) is 3.21. The average Bonchev–Trinajstić information content (AvgIpc) is 2.36. The molecule has 1 fully saturated rings. The molecule has 0 radical (unpaired) electrons. The number of piperidine rings is 1. The second kappa shape index (κ2) is 5.62. The summed E-state index contributed by atoms with van der Waals surface area (Å²) < 4.78 is 6.35. The normalized spacial score (nSPS) is 16.6. The van der Waals surface area contributed by atoms with E-state index < -0.39 is 4.92 Å². The van der Waals surface area contributed by atoms with Crippen molar-refractivity contribution in [3.05, 3.63) is 26.3 Å². The highest BCUT2D eigenvalue weighted by Gasteiger charge is 2.21. The van der Waals surface area contributed by atoms with Gasteiger partial charge in [0.1, 0.15) is 12.3 Å². The van der Waals surface area contributed by atoms with Crippen molar-refractivity contribution in [2.75, 3.05) is 13.1 Å². The van der Waals surface area contributed by atoms with E-state index in [0.29, 0.717) is 15.9 Å². The number of nitro groups is 1. The lowest BCUT2D eigenvalue weighted by molar-refractivity contribution is -0.385. The summed E-state index contributed by atoms with van der Waals surface area (Å²) in [5.41, 5.74) is 0.540. The maximum absolute atomic E-state index is 10.8. The highest BCUT2D eigenvalue weighted by molar-refractivity contribution is 9.10. The highest BCUT2D eigenvalue weighted by atomic mass is 79.9. The fourth-order valence-electron chi connectivity index (χ4n) is 1.88. The highest BCUT2D eigenvalue weighted by Crippen LogP contribution is 2.33. The minimum atomic E-state index is -0.443. The lowest BCUT2D eigenvalue weighted by Crippen LogP contribution is -2.34. The monoisotopic (exact) mass is 315 g/mol. The van der Waals surface area contributed by atoms with Crippen LogP contribution in [0, 0.1) is 17.0 Å². The van der Waals surface area contributed by atoms with E-state index in [-0.39, 0.29) is 11.8 Å². The maximum atomic E-state index is 10.8. The topological polar surface area (TPSA) is 77.3 Å². The molecule has 0 aliphatic carbocycles. The van der Waals surface area contributed by atoms with Crippen LogP contribution in [0.4, 0.5) is 5.69 Å². The van der Waals surface area contributed by atoms with Crippen LogP contribution in [0.5, 0.6) is 5.88 Å². The predicted octanol–water partition coefficient (Wildman–Crippen LogP) is 2.19. The van der Waals surface area contributed by atoms with Crippen LogP contribution >= 0.6 is 15.9 Å². The summed E-state index contributed by atoms with van der Waals surface area (Å²) in [5, 5.41) is 14.0. The third kappa shape index (κ3) is 2.78. The van der Waals surface area contributed by atoms with Crippen LogP contribution in [-0.4, -0.2) is 29.1 Å².